The minimum absolute atomic E-state index is 0.0465. The molecule has 0 spiro atoms. The second-order valence-electron chi connectivity index (χ2n) is 3.50. The van der Waals surface area contributed by atoms with Crippen LogP contribution < -0.4 is 10.6 Å². The molecule has 3 N–H and O–H groups in total. The minimum Gasteiger partial charge on any atom is -0.478 e. The van der Waals surface area contributed by atoms with Crippen molar-refractivity contribution in [2.24, 2.45) is 0 Å². The number of rotatable bonds is 7. The molecule has 18 heavy (non-hydrogen) atoms. The molecule has 0 unspecified atom stereocenters. The van der Waals surface area contributed by atoms with Gasteiger partial charge in [-0.2, -0.15) is 4.37 Å². The molecule has 0 aliphatic rings. The number of carbonyl (C=O) groups excluding carboxylic acids is 1. The van der Waals surface area contributed by atoms with Crippen LogP contribution >= 0.6 is 11.5 Å². The molecule has 0 radical (unpaired) electrons. The maximum Gasteiger partial charge on any atom is 0.340 e. The monoisotopic (exact) mass is 273 g/mol. The summed E-state index contributed by atoms with van der Waals surface area (Å²) in [4.78, 5) is 22.5. The number of ether oxygens (including phenoxy) is 1. The highest BCUT2D eigenvalue weighted by molar-refractivity contribution is 7.11. The van der Waals surface area contributed by atoms with E-state index in [0.717, 1.165) is 11.5 Å². The molecule has 1 aromatic heterocycles. The molecule has 0 saturated carbocycles. The van der Waals surface area contributed by atoms with Gasteiger partial charge in [-0.15, -0.1) is 0 Å². The van der Waals surface area contributed by atoms with E-state index in [1.54, 1.807) is 14.0 Å². The summed E-state index contributed by atoms with van der Waals surface area (Å²) in [6, 6.07) is 0. The number of amides is 1. The van der Waals surface area contributed by atoms with E-state index in [2.05, 4.69) is 15.0 Å². The fourth-order valence-corrected chi connectivity index (χ4v) is 2.06. The van der Waals surface area contributed by atoms with Crippen LogP contribution in [-0.4, -0.2) is 48.2 Å². The third-order valence-electron chi connectivity index (χ3n) is 2.10. The van der Waals surface area contributed by atoms with E-state index in [9.17, 15) is 9.59 Å². The normalized spacial score (nSPS) is 10.3. The van der Waals surface area contributed by atoms with Crippen LogP contribution in [0.5, 0.6) is 0 Å². The Morgan fingerprint density at radius 2 is 2.22 bits per heavy atom. The van der Waals surface area contributed by atoms with Crippen molar-refractivity contribution < 1.29 is 19.4 Å². The molecule has 1 amide bonds. The molecule has 7 nitrogen and oxygen atoms in total. The Bertz CT molecular complexity index is 433. The Kier molecular flexibility index (Phi) is 5.69. The van der Waals surface area contributed by atoms with Crippen molar-refractivity contribution in [3.8, 4) is 0 Å². The van der Waals surface area contributed by atoms with Crippen molar-refractivity contribution in [2.75, 3.05) is 32.1 Å². The summed E-state index contributed by atoms with van der Waals surface area (Å²) < 4.78 is 8.72. The zero-order valence-corrected chi connectivity index (χ0v) is 11.0. The van der Waals surface area contributed by atoms with Gasteiger partial charge in [-0.3, -0.25) is 4.79 Å². The molecule has 0 aromatic carbocycles. The summed E-state index contributed by atoms with van der Waals surface area (Å²) in [6.07, 6.45) is 0. The van der Waals surface area contributed by atoms with Gasteiger partial charge in [0.25, 0.3) is 0 Å². The predicted octanol–water partition coefficient (Wildman–Crippen LogP) is 0.324. The van der Waals surface area contributed by atoms with Gasteiger partial charge in [0.1, 0.15) is 10.6 Å². The maximum atomic E-state index is 11.5. The number of aryl methyl sites for hydroxylation is 1. The predicted molar refractivity (Wildman–Crippen MR) is 67.2 cm³/mol. The number of carbonyl (C=O) groups is 2. The Balaban J connectivity index is 2.52. The van der Waals surface area contributed by atoms with E-state index >= 15 is 0 Å². The maximum absolute atomic E-state index is 11.5. The van der Waals surface area contributed by atoms with E-state index in [1.807, 2.05) is 0 Å². The van der Waals surface area contributed by atoms with Crippen LogP contribution in [0.15, 0.2) is 0 Å². The van der Waals surface area contributed by atoms with Gasteiger partial charge in [-0.25, -0.2) is 4.79 Å². The molecule has 1 rings (SSSR count). The first kappa shape index (κ1) is 14.6. The van der Waals surface area contributed by atoms with Crippen LogP contribution in [0.3, 0.4) is 0 Å². The Morgan fingerprint density at radius 1 is 1.50 bits per heavy atom. The Morgan fingerprint density at radius 3 is 2.83 bits per heavy atom. The number of carboxylic acids is 1. The summed E-state index contributed by atoms with van der Waals surface area (Å²) in [5, 5.41) is 14.6. The van der Waals surface area contributed by atoms with Gasteiger partial charge in [-0.05, 0) is 18.5 Å². The first-order valence-corrected chi connectivity index (χ1v) is 6.02. The SMILES string of the molecule is COCCNCC(=O)Nc1snc(C)c1C(=O)O. The quantitative estimate of drug-likeness (QED) is 0.619. The molecule has 1 heterocycles. The first-order chi connectivity index (χ1) is 8.56. The van der Waals surface area contributed by atoms with Crippen molar-refractivity contribution in [3.63, 3.8) is 0 Å². The van der Waals surface area contributed by atoms with E-state index in [0.29, 0.717) is 18.8 Å². The lowest BCUT2D eigenvalue weighted by atomic mass is 10.2. The standard InChI is InChI=1S/C10H15N3O4S/c1-6-8(10(15)16)9(18-13-6)12-7(14)5-11-3-4-17-2/h11H,3-5H2,1-2H3,(H,12,14)(H,15,16). The molecule has 8 heteroatoms. The molecule has 0 saturated heterocycles. The van der Waals surface area contributed by atoms with Gasteiger partial charge < -0.3 is 20.5 Å². The number of hydrogen-bond acceptors (Lipinski definition) is 6. The van der Waals surface area contributed by atoms with E-state index in [-0.39, 0.29) is 23.0 Å². The Hall–Kier alpha value is -1.51. The number of nitrogens with one attached hydrogen (secondary N) is 2. The summed E-state index contributed by atoms with van der Waals surface area (Å²) >= 11 is 0.961. The van der Waals surface area contributed by atoms with Crippen molar-refractivity contribution in [1.82, 2.24) is 9.69 Å². The van der Waals surface area contributed by atoms with Gasteiger partial charge in [0, 0.05) is 13.7 Å². The molecule has 0 atom stereocenters. The van der Waals surface area contributed by atoms with E-state index in [1.165, 1.54) is 0 Å². The van der Waals surface area contributed by atoms with Crippen molar-refractivity contribution in [2.45, 2.75) is 6.92 Å². The molecular formula is C10H15N3O4S. The van der Waals surface area contributed by atoms with Gasteiger partial charge >= 0.3 is 5.97 Å². The zero-order chi connectivity index (χ0) is 13.5. The molecule has 0 bridgehead atoms. The third-order valence-corrected chi connectivity index (χ3v) is 2.95. The van der Waals surface area contributed by atoms with Crippen LogP contribution in [0.2, 0.25) is 0 Å². The Labute approximate surface area is 108 Å². The average Bonchev–Trinajstić information content (AvgIpc) is 2.66. The highest BCUT2D eigenvalue weighted by Crippen LogP contribution is 2.24. The highest BCUT2D eigenvalue weighted by Gasteiger charge is 2.18. The number of methoxy groups -OCH3 is 1. The average molecular weight is 273 g/mol. The molecule has 0 aliphatic heterocycles. The topological polar surface area (TPSA) is 101 Å². The number of nitrogens with zero attached hydrogens (tertiary/aromatic N) is 1. The van der Waals surface area contributed by atoms with Crippen LogP contribution in [0.1, 0.15) is 16.1 Å². The number of aromatic nitrogens is 1. The van der Waals surface area contributed by atoms with Crippen molar-refractivity contribution in [1.29, 1.82) is 0 Å². The van der Waals surface area contributed by atoms with E-state index in [4.69, 9.17) is 9.84 Å². The van der Waals surface area contributed by atoms with E-state index < -0.39 is 5.97 Å². The van der Waals surface area contributed by atoms with Crippen molar-refractivity contribution >= 4 is 28.4 Å². The minimum atomic E-state index is -1.09. The lowest BCUT2D eigenvalue weighted by Crippen LogP contribution is -2.30. The fourth-order valence-electron chi connectivity index (χ4n) is 1.25. The zero-order valence-electron chi connectivity index (χ0n) is 10.1. The first-order valence-electron chi connectivity index (χ1n) is 5.25. The summed E-state index contributed by atoms with van der Waals surface area (Å²) in [5.41, 5.74) is 0.445. The third kappa shape index (κ3) is 4.06. The van der Waals surface area contributed by atoms with Gasteiger partial charge in [-0.1, -0.05) is 0 Å². The second kappa shape index (κ2) is 7.04. The van der Waals surface area contributed by atoms with Crippen LogP contribution in [-0.2, 0) is 9.53 Å². The molecule has 0 fully saturated rings. The number of anilines is 1. The fraction of sp³-hybridized carbons (Fsp3) is 0.500. The van der Waals surface area contributed by atoms with Gasteiger partial charge in [0.05, 0.1) is 18.8 Å². The smallest absolute Gasteiger partial charge is 0.340 e. The number of carboxylic acid groups (broad SMARTS) is 1. The van der Waals surface area contributed by atoms with Gasteiger partial charge in [0.15, 0.2) is 0 Å². The van der Waals surface area contributed by atoms with Crippen molar-refractivity contribution in [3.05, 3.63) is 11.3 Å². The van der Waals surface area contributed by atoms with Crippen LogP contribution in [0, 0.1) is 6.92 Å². The highest BCUT2D eigenvalue weighted by atomic mass is 32.1. The van der Waals surface area contributed by atoms with Gasteiger partial charge in [0.2, 0.25) is 5.91 Å². The summed E-state index contributed by atoms with van der Waals surface area (Å²) in [6.45, 7) is 2.75. The lowest BCUT2D eigenvalue weighted by molar-refractivity contribution is -0.115. The summed E-state index contributed by atoms with van der Waals surface area (Å²) in [7, 11) is 1.57. The van der Waals surface area contributed by atoms with Crippen LogP contribution in [0.4, 0.5) is 5.00 Å². The summed E-state index contributed by atoms with van der Waals surface area (Å²) in [5.74, 6) is -1.40. The lowest BCUT2D eigenvalue weighted by Gasteiger charge is -2.05. The number of hydrogen-bond donors (Lipinski definition) is 3. The number of aromatic carboxylic acids is 1. The molecule has 1 aromatic rings. The van der Waals surface area contributed by atoms with Crippen LogP contribution in [0.25, 0.3) is 0 Å². The second-order valence-corrected chi connectivity index (χ2v) is 4.27. The largest absolute Gasteiger partial charge is 0.478 e. The molecular weight excluding hydrogens is 258 g/mol. The molecule has 0 aliphatic carbocycles. The molecule has 100 valence electrons.